The third kappa shape index (κ3) is 5.52. The van der Waals surface area contributed by atoms with E-state index in [4.69, 9.17) is 10.5 Å². The van der Waals surface area contributed by atoms with Crippen molar-refractivity contribution in [2.45, 2.75) is 50.6 Å². The minimum atomic E-state index is -4.44. The highest BCUT2D eigenvalue weighted by atomic mass is 19.4. The van der Waals surface area contributed by atoms with Crippen LogP contribution in [-0.2, 0) is 10.9 Å². The van der Waals surface area contributed by atoms with E-state index in [1.807, 2.05) is 31.2 Å². The van der Waals surface area contributed by atoms with Crippen LogP contribution in [0.3, 0.4) is 0 Å². The monoisotopic (exact) mass is 525 g/mol. The minimum absolute atomic E-state index is 0.0131. The van der Waals surface area contributed by atoms with Gasteiger partial charge in [-0.05, 0) is 56.5 Å². The van der Waals surface area contributed by atoms with Crippen molar-refractivity contribution < 1.29 is 22.7 Å². The summed E-state index contributed by atoms with van der Waals surface area (Å²) >= 11 is 0. The Bertz CT molecular complexity index is 1210. The number of amides is 1. The Labute approximate surface area is 221 Å². The Kier molecular flexibility index (Phi) is 7.63. The van der Waals surface area contributed by atoms with Gasteiger partial charge in [-0.3, -0.25) is 4.79 Å². The minimum Gasteiger partial charge on any atom is -0.381 e. The largest absolute Gasteiger partial charge is 0.416 e. The fraction of sp³-hybridized carbons (Fsp3) is 0.433. The fourth-order valence-electron chi connectivity index (χ4n) is 5.95. The van der Waals surface area contributed by atoms with Crippen LogP contribution in [0.15, 0.2) is 66.8 Å². The van der Waals surface area contributed by atoms with Gasteiger partial charge < -0.3 is 20.7 Å². The lowest BCUT2D eigenvalue weighted by Gasteiger charge is -2.48. The van der Waals surface area contributed by atoms with E-state index >= 15 is 0 Å². The average molecular weight is 526 g/mol. The molecule has 3 aliphatic rings. The summed E-state index contributed by atoms with van der Waals surface area (Å²) in [6.45, 7) is 2.98. The molecule has 2 aliphatic heterocycles. The number of hydrogen-bond donors (Lipinski definition) is 2. The van der Waals surface area contributed by atoms with Crippen molar-refractivity contribution in [3.05, 3.63) is 89.0 Å². The Morgan fingerprint density at radius 1 is 1.13 bits per heavy atom. The number of alkyl halides is 3. The number of nitrogens with zero attached hydrogens (tertiary/aromatic N) is 1. The van der Waals surface area contributed by atoms with Crippen molar-refractivity contribution >= 4 is 11.6 Å². The second-order valence-electron chi connectivity index (χ2n) is 10.5. The number of nitrogens with two attached hydrogens (primary N) is 1. The fourth-order valence-corrected chi connectivity index (χ4v) is 5.95. The van der Waals surface area contributed by atoms with Crippen LogP contribution in [0.4, 0.5) is 18.9 Å². The molecule has 5 atom stereocenters. The van der Waals surface area contributed by atoms with Crippen LogP contribution >= 0.6 is 0 Å². The molecule has 38 heavy (non-hydrogen) atoms. The van der Waals surface area contributed by atoms with E-state index in [1.165, 1.54) is 12.1 Å². The number of halogens is 3. The molecular formula is C30H34F3N3O2. The number of allylic oxidation sites excluding steroid dienone is 3. The van der Waals surface area contributed by atoms with Gasteiger partial charge >= 0.3 is 6.18 Å². The summed E-state index contributed by atoms with van der Waals surface area (Å²) in [5.74, 6) is 0.113. The molecule has 202 valence electrons. The molecule has 0 radical (unpaired) electrons. The Morgan fingerprint density at radius 2 is 1.92 bits per heavy atom. The Hall–Kier alpha value is -3.10. The number of hydrogen-bond acceptors (Lipinski definition) is 4. The molecule has 2 aromatic rings. The average Bonchev–Trinajstić information content (AvgIpc) is 2.92. The maximum Gasteiger partial charge on any atom is 0.416 e. The first-order valence-electron chi connectivity index (χ1n) is 13.3. The summed E-state index contributed by atoms with van der Waals surface area (Å²) in [6.07, 6.45) is 5.46. The smallest absolute Gasteiger partial charge is 0.381 e. The SMILES string of the molecule is Cc1ccc(C(=O)N(CCN)C[C@H]2CC[C@@H]3[C@H](O2)c2cc(C(F)(F)F)ccc2N[C@H]3C2C=CC=CC2)cc1. The van der Waals surface area contributed by atoms with Gasteiger partial charge in [-0.1, -0.05) is 42.0 Å². The molecule has 2 aromatic carbocycles. The van der Waals surface area contributed by atoms with E-state index in [-0.39, 0.29) is 29.9 Å². The van der Waals surface area contributed by atoms with Gasteiger partial charge in [-0.2, -0.15) is 13.2 Å². The van der Waals surface area contributed by atoms with Gasteiger partial charge in [-0.25, -0.2) is 0 Å². The van der Waals surface area contributed by atoms with Crippen molar-refractivity contribution in [3.8, 4) is 0 Å². The number of aryl methyl sites for hydroxylation is 1. The third-order valence-electron chi connectivity index (χ3n) is 7.90. The molecule has 1 saturated heterocycles. The van der Waals surface area contributed by atoms with Crippen LogP contribution in [-0.4, -0.2) is 42.6 Å². The van der Waals surface area contributed by atoms with E-state index in [2.05, 4.69) is 17.5 Å². The lowest BCUT2D eigenvalue weighted by molar-refractivity contribution is -0.138. The molecule has 5 rings (SSSR count). The second-order valence-corrected chi connectivity index (χ2v) is 10.5. The lowest BCUT2D eigenvalue weighted by Crippen LogP contribution is -2.49. The zero-order valence-electron chi connectivity index (χ0n) is 21.5. The number of carbonyl (C=O) groups is 1. The molecule has 1 aliphatic carbocycles. The number of fused-ring (bicyclic) bond motifs is 3. The van der Waals surface area contributed by atoms with Gasteiger partial charge in [-0.15, -0.1) is 0 Å². The van der Waals surface area contributed by atoms with Crippen LogP contribution in [0, 0.1) is 18.8 Å². The lowest BCUT2D eigenvalue weighted by atomic mass is 9.73. The van der Waals surface area contributed by atoms with Crippen LogP contribution in [0.2, 0.25) is 0 Å². The van der Waals surface area contributed by atoms with Crippen LogP contribution < -0.4 is 11.1 Å². The number of benzene rings is 2. The molecule has 0 aromatic heterocycles. The van der Waals surface area contributed by atoms with Crippen molar-refractivity contribution in [2.75, 3.05) is 25.0 Å². The molecule has 0 saturated carbocycles. The third-order valence-corrected chi connectivity index (χ3v) is 7.90. The van der Waals surface area contributed by atoms with Crippen LogP contribution in [0.25, 0.3) is 0 Å². The zero-order chi connectivity index (χ0) is 26.9. The highest BCUT2D eigenvalue weighted by Crippen LogP contribution is 2.49. The normalized spacial score (nSPS) is 26.3. The van der Waals surface area contributed by atoms with E-state index < -0.39 is 17.8 Å². The highest BCUT2D eigenvalue weighted by molar-refractivity contribution is 5.94. The van der Waals surface area contributed by atoms with Crippen molar-refractivity contribution in [2.24, 2.45) is 17.6 Å². The first-order chi connectivity index (χ1) is 18.2. The molecule has 0 bridgehead atoms. The molecule has 1 amide bonds. The molecule has 2 heterocycles. The van der Waals surface area contributed by atoms with E-state index in [0.29, 0.717) is 42.9 Å². The molecule has 8 heteroatoms. The summed E-state index contributed by atoms with van der Waals surface area (Å²) in [4.78, 5) is 15.0. The predicted molar refractivity (Wildman–Crippen MR) is 142 cm³/mol. The topological polar surface area (TPSA) is 67.6 Å². The molecule has 3 N–H and O–H groups in total. The summed E-state index contributed by atoms with van der Waals surface area (Å²) in [6, 6.07) is 11.3. The van der Waals surface area contributed by atoms with Gasteiger partial charge in [0.05, 0.1) is 17.8 Å². The molecular weight excluding hydrogens is 491 g/mol. The van der Waals surface area contributed by atoms with Crippen LogP contribution in [0.5, 0.6) is 0 Å². The number of nitrogens with one attached hydrogen (secondary N) is 1. The van der Waals surface area contributed by atoms with Crippen molar-refractivity contribution in [1.29, 1.82) is 0 Å². The maximum atomic E-state index is 13.6. The van der Waals surface area contributed by atoms with E-state index in [9.17, 15) is 18.0 Å². The van der Waals surface area contributed by atoms with Gasteiger partial charge in [0, 0.05) is 54.3 Å². The number of rotatable bonds is 6. The summed E-state index contributed by atoms with van der Waals surface area (Å²) in [5, 5.41) is 3.55. The van der Waals surface area contributed by atoms with Gasteiger partial charge in [0.1, 0.15) is 0 Å². The molecule has 5 nitrogen and oxygen atoms in total. The van der Waals surface area contributed by atoms with Crippen molar-refractivity contribution in [3.63, 3.8) is 0 Å². The van der Waals surface area contributed by atoms with Gasteiger partial charge in [0.2, 0.25) is 0 Å². The maximum absolute atomic E-state index is 13.6. The zero-order valence-corrected chi connectivity index (χ0v) is 21.5. The number of ether oxygens (including phenoxy) is 1. The summed E-state index contributed by atoms with van der Waals surface area (Å²) in [5.41, 5.74) is 8.03. The van der Waals surface area contributed by atoms with Crippen LogP contribution in [0.1, 0.15) is 52.4 Å². The number of anilines is 1. The Balaban J connectivity index is 1.41. The number of carbonyl (C=O) groups excluding carboxylic acids is 1. The van der Waals surface area contributed by atoms with E-state index in [1.54, 1.807) is 17.0 Å². The summed E-state index contributed by atoms with van der Waals surface area (Å²) in [7, 11) is 0. The standard InChI is InChI=1S/C30H34F3N3O2/c1-19-7-9-21(10-8-19)29(37)36(16-15-34)18-23-12-13-24-27(20-5-3-2-4-6-20)35-26-14-11-22(30(31,32)33)17-25(26)28(24)38-23/h2-5,7-11,14,17,20,23-24,27-28,35H,6,12-13,15-16,18,34H2,1H3/t20?,23-,24+,27+,28+/m1/s1. The van der Waals surface area contributed by atoms with E-state index in [0.717, 1.165) is 24.5 Å². The first-order valence-corrected chi connectivity index (χ1v) is 13.3. The molecule has 1 unspecified atom stereocenters. The van der Waals surface area contributed by atoms with Crippen molar-refractivity contribution in [1.82, 2.24) is 4.90 Å². The molecule has 1 fully saturated rings. The van der Waals surface area contributed by atoms with Gasteiger partial charge in [0.15, 0.2) is 0 Å². The quantitative estimate of drug-likeness (QED) is 0.495. The second kappa shape index (κ2) is 10.9. The van der Waals surface area contributed by atoms with Gasteiger partial charge in [0.25, 0.3) is 5.91 Å². The predicted octanol–water partition coefficient (Wildman–Crippen LogP) is 5.88. The first kappa shape index (κ1) is 26.5. The molecule has 0 spiro atoms. The highest BCUT2D eigenvalue weighted by Gasteiger charge is 2.45. The summed E-state index contributed by atoms with van der Waals surface area (Å²) < 4.78 is 47.5. The Morgan fingerprint density at radius 3 is 2.61 bits per heavy atom.